The summed E-state index contributed by atoms with van der Waals surface area (Å²) in [6, 6.07) is 4.21. The van der Waals surface area contributed by atoms with Crippen molar-refractivity contribution >= 4 is 27.7 Å². The Labute approximate surface area is 99.1 Å². The molecular formula is C10H11ClO4S. The van der Waals surface area contributed by atoms with E-state index in [4.69, 9.17) is 16.3 Å². The molecule has 0 aromatic heterocycles. The summed E-state index contributed by atoms with van der Waals surface area (Å²) in [7, 11) is -1.99. The van der Waals surface area contributed by atoms with Crippen molar-refractivity contribution in [1.82, 2.24) is 0 Å². The SMILES string of the molecule is COc1ccc(S(=O)(=O)CCC=O)cc1Cl. The molecule has 6 heteroatoms. The van der Waals surface area contributed by atoms with Crippen molar-refractivity contribution < 1.29 is 17.9 Å². The normalized spacial score (nSPS) is 11.1. The second-order valence-corrected chi connectivity index (χ2v) is 5.59. The Hall–Kier alpha value is -1.07. The number of ether oxygens (including phenoxy) is 1. The first kappa shape index (κ1) is 13.0. The molecule has 0 radical (unpaired) electrons. The van der Waals surface area contributed by atoms with Gasteiger partial charge in [0.05, 0.1) is 22.8 Å². The smallest absolute Gasteiger partial charge is 0.178 e. The van der Waals surface area contributed by atoms with Crippen molar-refractivity contribution in [2.24, 2.45) is 0 Å². The molecule has 16 heavy (non-hydrogen) atoms. The summed E-state index contributed by atoms with van der Waals surface area (Å²) in [5, 5.41) is 0.231. The van der Waals surface area contributed by atoms with Crippen molar-refractivity contribution in [3.63, 3.8) is 0 Å². The summed E-state index contributed by atoms with van der Waals surface area (Å²) in [4.78, 5) is 10.2. The van der Waals surface area contributed by atoms with E-state index in [1.54, 1.807) is 0 Å². The third kappa shape index (κ3) is 2.96. The van der Waals surface area contributed by atoms with Crippen LogP contribution in [0.25, 0.3) is 0 Å². The van der Waals surface area contributed by atoms with Crippen molar-refractivity contribution in [2.45, 2.75) is 11.3 Å². The Morgan fingerprint density at radius 2 is 2.12 bits per heavy atom. The molecule has 0 N–H and O–H groups in total. The van der Waals surface area contributed by atoms with Gasteiger partial charge >= 0.3 is 0 Å². The van der Waals surface area contributed by atoms with E-state index < -0.39 is 9.84 Å². The molecule has 0 atom stereocenters. The van der Waals surface area contributed by atoms with Crippen LogP contribution < -0.4 is 4.74 Å². The monoisotopic (exact) mass is 262 g/mol. The molecule has 1 aromatic rings. The molecule has 0 aliphatic rings. The van der Waals surface area contributed by atoms with Gasteiger partial charge in [0, 0.05) is 6.42 Å². The molecule has 0 spiro atoms. The van der Waals surface area contributed by atoms with Crippen LogP contribution in [0.3, 0.4) is 0 Å². The van der Waals surface area contributed by atoms with E-state index in [0.717, 1.165) is 0 Å². The molecule has 0 amide bonds. The van der Waals surface area contributed by atoms with Gasteiger partial charge in [-0.3, -0.25) is 0 Å². The molecule has 0 aliphatic heterocycles. The Morgan fingerprint density at radius 1 is 1.44 bits per heavy atom. The topological polar surface area (TPSA) is 60.4 Å². The number of aldehydes is 1. The number of sulfone groups is 1. The van der Waals surface area contributed by atoms with Crippen LogP contribution in [0.1, 0.15) is 6.42 Å². The summed E-state index contributed by atoms with van der Waals surface area (Å²) < 4.78 is 28.3. The number of methoxy groups -OCH3 is 1. The first-order valence-electron chi connectivity index (χ1n) is 4.51. The second-order valence-electron chi connectivity index (χ2n) is 3.07. The number of rotatable bonds is 5. The second kappa shape index (κ2) is 5.32. The van der Waals surface area contributed by atoms with Crippen LogP contribution in [0, 0.1) is 0 Å². The maximum atomic E-state index is 11.7. The van der Waals surface area contributed by atoms with Crippen molar-refractivity contribution in [3.8, 4) is 5.75 Å². The van der Waals surface area contributed by atoms with E-state index in [9.17, 15) is 13.2 Å². The molecule has 0 saturated heterocycles. The van der Waals surface area contributed by atoms with Crippen LogP contribution in [0.15, 0.2) is 23.1 Å². The lowest BCUT2D eigenvalue weighted by atomic mass is 10.3. The van der Waals surface area contributed by atoms with Gasteiger partial charge in [0.25, 0.3) is 0 Å². The Morgan fingerprint density at radius 3 is 2.62 bits per heavy atom. The highest BCUT2D eigenvalue weighted by atomic mass is 35.5. The number of benzene rings is 1. The highest BCUT2D eigenvalue weighted by Crippen LogP contribution is 2.27. The maximum Gasteiger partial charge on any atom is 0.178 e. The third-order valence-electron chi connectivity index (χ3n) is 1.99. The van der Waals surface area contributed by atoms with Crippen molar-refractivity contribution in [1.29, 1.82) is 0 Å². The van der Waals surface area contributed by atoms with E-state index in [0.29, 0.717) is 12.0 Å². The molecule has 0 fully saturated rings. The molecule has 1 rings (SSSR count). The Kier molecular flexibility index (Phi) is 4.32. The van der Waals surface area contributed by atoms with Gasteiger partial charge in [0.15, 0.2) is 9.84 Å². The zero-order valence-corrected chi connectivity index (χ0v) is 10.2. The predicted octanol–water partition coefficient (Wildman–Crippen LogP) is 1.71. The molecule has 4 nitrogen and oxygen atoms in total. The van der Waals surface area contributed by atoms with Crippen LogP contribution >= 0.6 is 11.6 Å². The summed E-state index contributed by atoms with van der Waals surface area (Å²) in [5.41, 5.74) is 0. The molecule has 88 valence electrons. The summed E-state index contributed by atoms with van der Waals surface area (Å²) in [5.74, 6) is 0.204. The summed E-state index contributed by atoms with van der Waals surface area (Å²) in [6.07, 6.45) is 0.550. The van der Waals surface area contributed by atoms with Crippen LogP contribution in [0.2, 0.25) is 5.02 Å². The van der Waals surface area contributed by atoms with Gasteiger partial charge in [-0.1, -0.05) is 11.6 Å². The average molecular weight is 263 g/mol. The number of hydrogen-bond acceptors (Lipinski definition) is 4. The fraction of sp³-hybridized carbons (Fsp3) is 0.300. The number of hydrogen-bond donors (Lipinski definition) is 0. The Balaban J connectivity index is 3.05. The average Bonchev–Trinajstić information content (AvgIpc) is 2.26. The minimum Gasteiger partial charge on any atom is -0.495 e. The highest BCUT2D eigenvalue weighted by molar-refractivity contribution is 7.91. The van der Waals surface area contributed by atoms with Gasteiger partial charge in [-0.15, -0.1) is 0 Å². The largest absolute Gasteiger partial charge is 0.495 e. The van der Waals surface area contributed by atoms with Crippen LogP contribution in [0.4, 0.5) is 0 Å². The van der Waals surface area contributed by atoms with Crippen LogP contribution in [-0.2, 0) is 14.6 Å². The number of carbonyl (C=O) groups is 1. The fourth-order valence-electron chi connectivity index (χ4n) is 1.16. The minimum atomic E-state index is -3.44. The van der Waals surface area contributed by atoms with Gasteiger partial charge < -0.3 is 9.53 Å². The third-order valence-corrected chi connectivity index (χ3v) is 4.03. The lowest BCUT2D eigenvalue weighted by Gasteiger charge is -2.06. The zero-order valence-electron chi connectivity index (χ0n) is 8.64. The molecule has 1 aromatic carbocycles. The van der Waals surface area contributed by atoms with Gasteiger partial charge in [0.1, 0.15) is 12.0 Å². The molecule has 0 saturated carbocycles. The fourth-order valence-corrected chi connectivity index (χ4v) is 2.70. The molecule has 0 bridgehead atoms. The van der Waals surface area contributed by atoms with Crippen LogP contribution in [-0.4, -0.2) is 27.6 Å². The lowest BCUT2D eigenvalue weighted by Crippen LogP contribution is -2.07. The zero-order chi connectivity index (χ0) is 12.2. The van der Waals surface area contributed by atoms with Crippen molar-refractivity contribution in [2.75, 3.05) is 12.9 Å². The number of carbonyl (C=O) groups excluding carboxylic acids is 1. The molecule has 0 aliphatic carbocycles. The van der Waals surface area contributed by atoms with E-state index >= 15 is 0 Å². The van der Waals surface area contributed by atoms with Gasteiger partial charge in [0.2, 0.25) is 0 Å². The quantitative estimate of drug-likeness (QED) is 0.758. The van der Waals surface area contributed by atoms with E-state index in [-0.39, 0.29) is 22.1 Å². The first-order valence-corrected chi connectivity index (χ1v) is 6.54. The maximum absolute atomic E-state index is 11.7. The summed E-state index contributed by atoms with van der Waals surface area (Å²) in [6.45, 7) is 0. The van der Waals surface area contributed by atoms with E-state index in [2.05, 4.69) is 0 Å². The lowest BCUT2D eigenvalue weighted by molar-refractivity contribution is -0.107. The molecule has 0 heterocycles. The van der Waals surface area contributed by atoms with Crippen LogP contribution in [0.5, 0.6) is 5.75 Å². The number of halogens is 1. The molecular weight excluding hydrogens is 252 g/mol. The standard InChI is InChI=1S/C10H11ClO4S/c1-15-10-4-3-8(7-9(10)11)16(13,14)6-2-5-12/h3-5,7H,2,6H2,1H3. The van der Waals surface area contributed by atoms with Gasteiger partial charge in [-0.05, 0) is 18.2 Å². The van der Waals surface area contributed by atoms with E-state index in [1.807, 2.05) is 0 Å². The van der Waals surface area contributed by atoms with E-state index in [1.165, 1.54) is 25.3 Å². The summed E-state index contributed by atoms with van der Waals surface area (Å²) >= 11 is 5.81. The highest BCUT2D eigenvalue weighted by Gasteiger charge is 2.15. The molecule has 0 unspecified atom stereocenters. The first-order chi connectivity index (χ1) is 7.51. The Bertz CT molecular complexity index is 482. The van der Waals surface area contributed by atoms with Gasteiger partial charge in [-0.2, -0.15) is 0 Å². The van der Waals surface area contributed by atoms with Gasteiger partial charge in [-0.25, -0.2) is 8.42 Å². The predicted molar refractivity (Wildman–Crippen MR) is 60.7 cm³/mol. The van der Waals surface area contributed by atoms with Crippen molar-refractivity contribution in [3.05, 3.63) is 23.2 Å². The minimum absolute atomic E-state index is 0.0218.